The van der Waals surface area contributed by atoms with Gasteiger partial charge in [-0.25, -0.2) is 0 Å². The Morgan fingerprint density at radius 2 is 1.11 bits per heavy atom. The van der Waals surface area contributed by atoms with Gasteiger partial charge in [0.15, 0.2) is 0 Å². The molecule has 7 N–H and O–H groups in total. The maximum atomic E-state index is 11.1. The Labute approximate surface area is 334 Å². The number of aliphatic hydroxyl groups is 2. The Hall–Kier alpha value is -5.98. The average Bonchev–Trinajstić information content (AvgIpc) is 3.22. The van der Waals surface area contributed by atoms with Crippen molar-refractivity contribution in [3.8, 4) is 11.5 Å². The van der Waals surface area contributed by atoms with Crippen LogP contribution in [0.3, 0.4) is 0 Å². The smallest absolute Gasteiger partial charge is 0.221 e. The van der Waals surface area contributed by atoms with E-state index in [-0.39, 0.29) is 30.6 Å². The molecular formula is C45H42N4O5S2. The molecule has 0 radical (unpaired) electrons. The van der Waals surface area contributed by atoms with Gasteiger partial charge in [-0.3, -0.25) is 9.78 Å². The van der Waals surface area contributed by atoms with Crippen LogP contribution in [0.4, 0.5) is 17.1 Å². The molecule has 0 saturated heterocycles. The third-order valence-corrected chi connectivity index (χ3v) is 10.9. The van der Waals surface area contributed by atoms with Crippen molar-refractivity contribution in [3.63, 3.8) is 0 Å². The summed E-state index contributed by atoms with van der Waals surface area (Å²) in [6.07, 6.45) is 1.81. The van der Waals surface area contributed by atoms with Gasteiger partial charge in [0.1, 0.15) is 11.5 Å². The highest BCUT2D eigenvalue weighted by Crippen LogP contribution is 2.35. The monoisotopic (exact) mass is 782 g/mol. The Morgan fingerprint density at radius 3 is 1.66 bits per heavy atom. The van der Waals surface area contributed by atoms with Gasteiger partial charge in [-0.2, -0.15) is 0 Å². The van der Waals surface area contributed by atoms with Crippen LogP contribution in [0.2, 0.25) is 0 Å². The fraction of sp³-hybridized carbons (Fsp3) is 0.111. The first-order valence-electron chi connectivity index (χ1n) is 17.9. The van der Waals surface area contributed by atoms with E-state index in [4.69, 9.17) is 0 Å². The lowest BCUT2D eigenvalue weighted by molar-refractivity contribution is -0.114. The fourth-order valence-corrected chi connectivity index (χ4v) is 7.70. The van der Waals surface area contributed by atoms with Crippen LogP contribution in [0.5, 0.6) is 11.5 Å². The van der Waals surface area contributed by atoms with E-state index in [1.54, 1.807) is 53.9 Å². The third-order valence-electron chi connectivity index (χ3n) is 8.67. The highest BCUT2D eigenvalue weighted by Gasteiger charge is 2.11. The number of carbonyl (C=O) groups excluding carboxylic acids is 1. The number of nitrogens with one attached hydrogen (secondary N) is 3. The number of fused-ring (bicyclic) bond motifs is 1. The average molecular weight is 783 g/mol. The fourth-order valence-electron chi connectivity index (χ4n) is 5.78. The van der Waals surface area contributed by atoms with Crippen molar-refractivity contribution in [2.45, 2.75) is 52.8 Å². The molecule has 0 aliphatic rings. The van der Waals surface area contributed by atoms with Gasteiger partial charge in [0, 0.05) is 68.0 Å². The highest BCUT2D eigenvalue weighted by molar-refractivity contribution is 7.99. The van der Waals surface area contributed by atoms with E-state index in [1.807, 2.05) is 79.0 Å². The third kappa shape index (κ3) is 10.6. The molecule has 11 heteroatoms. The number of pyridine rings is 1. The number of nitrogens with zero attached hydrogens (tertiary/aromatic N) is 1. The molecule has 0 spiro atoms. The lowest BCUT2D eigenvalue weighted by Crippen LogP contribution is -2.05. The number of carbonyl (C=O) groups is 1. The molecule has 0 saturated carbocycles. The Balaban J connectivity index is 0.000000190. The van der Waals surface area contributed by atoms with E-state index in [9.17, 15) is 25.2 Å². The van der Waals surface area contributed by atoms with Crippen LogP contribution in [0, 0.1) is 0 Å². The summed E-state index contributed by atoms with van der Waals surface area (Å²) < 4.78 is 0. The van der Waals surface area contributed by atoms with E-state index in [2.05, 4.69) is 57.3 Å². The molecule has 6 aromatic carbocycles. The van der Waals surface area contributed by atoms with Gasteiger partial charge < -0.3 is 36.4 Å². The quantitative estimate of drug-likeness (QED) is 0.0564. The van der Waals surface area contributed by atoms with Gasteiger partial charge in [-0.15, -0.1) is 0 Å². The number of hydrogen-bond acceptors (Lipinski definition) is 10. The lowest BCUT2D eigenvalue weighted by Gasteiger charge is -2.13. The van der Waals surface area contributed by atoms with Crippen LogP contribution in [-0.4, -0.2) is 31.3 Å². The van der Waals surface area contributed by atoms with Crippen molar-refractivity contribution in [2.75, 3.05) is 16.0 Å². The zero-order valence-electron chi connectivity index (χ0n) is 30.6. The Morgan fingerprint density at radius 1 is 0.589 bits per heavy atom. The molecule has 0 unspecified atom stereocenters. The normalized spacial score (nSPS) is 10.7. The molecule has 284 valence electrons. The van der Waals surface area contributed by atoms with Gasteiger partial charge in [-0.1, -0.05) is 96.3 Å². The van der Waals surface area contributed by atoms with Gasteiger partial charge in [-0.05, 0) is 77.9 Å². The van der Waals surface area contributed by atoms with Crippen molar-refractivity contribution in [2.24, 2.45) is 0 Å². The summed E-state index contributed by atoms with van der Waals surface area (Å²) in [4.78, 5) is 20.0. The van der Waals surface area contributed by atoms with Crippen molar-refractivity contribution in [1.29, 1.82) is 0 Å². The SMILES string of the molecule is CC(=O)Nc1ccc(Sc2ccccc2CNc2cccc(CO)c2O)cc1.OCc1cccc(NCc2ccccc2Sc2ccc3cccnc3c2)c1O. The summed E-state index contributed by atoms with van der Waals surface area (Å²) in [5, 5.41) is 49.4. The van der Waals surface area contributed by atoms with E-state index >= 15 is 0 Å². The van der Waals surface area contributed by atoms with E-state index in [0.717, 1.165) is 47.3 Å². The number of aliphatic hydroxyl groups excluding tert-OH is 2. The van der Waals surface area contributed by atoms with Crippen molar-refractivity contribution >= 4 is 57.4 Å². The number of aromatic nitrogens is 1. The number of phenols is 2. The zero-order chi connectivity index (χ0) is 39.3. The standard InChI is InChI=1S/C23H20N2O2S.C22H22N2O3S/c26-15-18-6-3-8-20(23(18)27)25-14-17-5-1-2-9-22(17)28-19-11-10-16-7-4-12-24-21(16)13-19;1-15(26)24-18-9-11-19(12-10-18)28-21-8-3-2-5-16(21)13-23-20-7-4-6-17(14-25)22(20)27/h1-13,25-27H,14-15H2;2-12,23,25,27H,13-14H2,1H3,(H,24,26). The first kappa shape index (κ1) is 39.7. The molecule has 0 fully saturated rings. The predicted octanol–water partition coefficient (Wildman–Crippen LogP) is 9.80. The van der Waals surface area contributed by atoms with Crippen LogP contribution >= 0.6 is 23.5 Å². The summed E-state index contributed by atoms with van der Waals surface area (Å²) in [6, 6.07) is 44.8. The second kappa shape index (κ2) is 19.6. The number of hydrogen-bond donors (Lipinski definition) is 7. The molecular weight excluding hydrogens is 741 g/mol. The first-order valence-corrected chi connectivity index (χ1v) is 19.5. The number of benzene rings is 6. The van der Waals surface area contributed by atoms with Crippen molar-refractivity contribution in [1.82, 2.24) is 4.98 Å². The van der Waals surface area contributed by atoms with E-state index in [1.165, 1.54) is 6.92 Å². The van der Waals surface area contributed by atoms with Gasteiger partial charge >= 0.3 is 0 Å². The zero-order valence-corrected chi connectivity index (χ0v) is 32.3. The molecule has 1 amide bonds. The predicted molar refractivity (Wildman–Crippen MR) is 226 cm³/mol. The van der Waals surface area contributed by atoms with E-state index in [0.29, 0.717) is 35.6 Å². The number of rotatable bonds is 13. The molecule has 0 bridgehead atoms. The molecule has 1 aromatic heterocycles. The summed E-state index contributed by atoms with van der Waals surface area (Å²) in [7, 11) is 0. The summed E-state index contributed by atoms with van der Waals surface area (Å²) >= 11 is 3.33. The topological polar surface area (TPSA) is 147 Å². The van der Waals surface area contributed by atoms with Crippen LogP contribution in [0.25, 0.3) is 10.9 Å². The molecule has 0 aliphatic carbocycles. The minimum atomic E-state index is -0.206. The van der Waals surface area contributed by atoms with Gasteiger partial charge in [0.25, 0.3) is 0 Å². The van der Waals surface area contributed by atoms with Crippen LogP contribution in [-0.2, 0) is 31.1 Å². The van der Waals surface area contributed by atoms with Crippen LogP contribution < -0.4 is 16.0 Å². The van der Waals surface area contributed by atoms with Gasteiger partial charge in [0.2, 0.25) is 5.91 Å². The molecule has 56 heavy (non-hydrogen) atoms. The minimum absolute atomic E-state index is 0.0729. The number of amides is 1. The molecule has 7 aromatic rings. The second-order valence-corrected chi connectivity index (χ2v) is 14.9. The Kier molecular flexibility index (Phi) is 13.9. The minimum Gasteiger partial charge on any atom is -0.505 e. The van der Waals surface area contributed by atoms with Crippen molar-refractivity contribution < 1.29 is 25.2 Å². The first-order chi connectivity index (χ1) is 27.3. The van der Waals surface area contributed by atoms with Crippen LogP contribution in [0.1, 0.15) is 29.2 Å². The van der Waals surface area contributed by atoms with Crippen molar-refractivity contribution in [3.05, 3.63) is 168 Å². The summed E-state index contributed by atoms with van der Waals surface area (Å²) in [5.74, 6) is 0.0739. The maximum Gasteiger partial charge on any atom is 0.221 e. The highest BCUT2D eigenvalue weighted by atomic mass is 32.2. The van der Waals surface area contributed by atoms with Gasteiger partial charge in [0.05, 0.1) is 30.1 Å². The molecule has 0 atom stereocenters. The second-order valence-electron chi connectivity index (χ2n) is 12.6. The molecule has 9 nitrogen and oxygen atoms in total. The molecule has 0 aliphatic heterocycles. The van der Waals surface area contributed by atoms with E-state index < -0.39 is 0 Å². The van der Waals surface area contributed by atoms with Crippen LogP contribution in [0.15, 0.2) is 165 Å². The molecule has 1 heterocycles. The maximum absolute atomic E-state index is 11.1. The Bertz CT molecular complexity index is 2410. The largest absolute Gasteiger partial charge is 0.505 e. The number of aromatic hydroxyl groups is 2. The lowest BCUT2D eigenvalue weighted by atomic mass is 10.1. The summed E-state index contributed by atoms with van der Waals surface area (Å²) in [6.45, 7) is 2.19. The number of anilines is 3. The number of para-hydroxylation sites is 2. The summed E-state index contributed by atoms with van der Waals surface area (Å²) in [5.41, 5.74) is 6.17. The molecule has 7 rings (SSSR count).